The number of benzene rings is 1. The summed E-state index contributed by atoms with van der Waals surface area (Å²) in [6.45, 7) is 1.30. The zero-order valence-electron chi connectivity index (χ0n) is 12.9. The molecule has 3 unspecified atom stereocenters. The Morgan fingerprint density at radius 2 is 2.14 bits per heavy atom. The van der Waals surface area contributed by atoms with E-state index in [0.29, 0.717) is 13.2 Å². The van der Waals surface area contributed by atoms with Crippen LogP contribution >= 0.6 is 0 Å². The lowest BCUT2D eigenvalue weighted by atomic mass is 9.69. The molecule has 4 atom stereocenters. The maximum absolute atomic E-state index is 13.0. The predicted molar refractivity (Wildman–Crippen MR) is 82.3 cm³/mol. The van der Waals surface area contributed by atoms with Crippen molar-refractivity contribution in [1.29, 1.82) is 0 Å². The van der Waals surface area contributed by atoms with Crippen molar-refractivity contribution in [3.05, 3.63) is 30.1 Å². The molecule has 1 aromatic rings. The van der Waals surface area contributed by atoms with Crippen molar-refractivity contribution >= 4 is 5.69 Å². The summed E-state index contributed by atoms with van der Waals surface area (Å²) >= 11 is 0. The van der Waals surface area contributed by atoms with E-state index in [-0.39, 0.29) is 23.9 Å². The van der Waals surface area contributed by atoms with Crippen LogP contribution in [0.3, 0.4) is 0 Å². The van der Waals surface area contributed by atoms with Gasteiger partial charge < -0.3 is 19.9 Å². The zero-order valence-corrected chi connectivity index (χ0v) is 12.9. The van der Waals surface area contributed by atoms with Crippen molar-refractivity contribution in [2.24, 2.45) is 5.92 Å². The molecular weight excluding hydrogens is 285 g/mol. The van der Waals surface area contributed by atoms with Gasteiger partial charge in [0.05, 0.1) is 18.8 Å². The van der Waals surface area contributed by atoms with Crippen molar-refractivity contribution in [3.8, 4) is 0 Å². The van der Waals surface area contributed by atoms with Gasteiger partial charge in [0.25, 0.3) is 0 Å². The minimum Gasteiger partial charge on any atom is -0.385 e. The molecule has 0 radical (unpaired) electrons. The third kappa shape index (κ3) is 2.98. The minimum atomic E-state index is -0.895. The van der Waals surface area contributed by atoms with E-state index >= 15 is 0 Å². The van der Waals surface area contributed by atoms with Crippen LogP contribution in [0.25, 0.3) is 0 Å². The molecule has 1 aromatic carbocycles. The van der Waals surface area contributed by atoms with E-state index in [1.165, 1.54) is 12.1 Å². The Balaban J connectivity index is 1.78. The van der Waals surface area contributed by atoms with Crippen LogP contribution in [-0.4, -0.2) is 43.2 Å². The first-order valence-corrected chi connectivity index (χ1v) is 7.98. The van der Waals surface area contributed by atoms with E-state index in [2.05, 4.69) is 5.32 Å². The Kier molecular flexibility index (Phi) is 4.66. The van der Waals surface area contributed by atoms with Crippen LogP contribution in [0.15, 0.2) is 24.3 Å². The number of fused-ring (bicyclic) bond motifs is 1. The van der Waals surface area contributed by atoms with Gasteiger partial charge in [-0.3, -0.25) is 0 Å². The van der Waals surface area contributed by atoms with Crippen LogP contribution in [0.1, 0.15) is 25.7 Å². The van der Waals surface area contributed by atoms with E-state index in [4.69, 9.17) is 9.47 Å². The van der Waals surface area contributed by atoms with Gasteiger partial charge in [-0.05, 0) is 49.9 Å². The van der Waals surface area contributed by atoms with Gasteiger partial charge in [-0.2, -0.15) is 0 Å². The van der Waals surface area contributed by atoms with E-state index in [1.807, 2.05) is 0 Å². The second-order valence-corrected chi connectivity index (χ2v) is 6.38. The van der Waals surface area contributed by atoms with E-state index < -0.39 is 5.60 Å². The van der Waals surface area contributed by atoms with Gasteiger partial charge in [0.1, 0.15) is 11.4 Å². The first-order valence-electron chi connectivity index (χ1n) is 7.98. The molecule has 0 aromatic heterocycles. The van der Waals surface area contributed by atoms with E-state index in [1.54, 1.807) is 19.2 Å². The summed E-state index contributed by atoms with van der Waals surface area (Å²) in [4.78, 5) is 0. The van der Waals surface area contributed by atoms with Crippen molar-refractivity contribution in [2.45, 2.75) is 43.4 Å². The molecule has 0 bridgehead atoms. The van der Waals surface area contributed by atoms with Crippen molar-refractivity contribution < 1.29 is 19.0 Å². The molecule has 3 rings (SSSR count). The van der Waals surface area contributed by atoms with Gasteiger partial charge in [0, 0.05) is 25.3 Å². The molecule has 4 nitrogen and oxygen atoms in total. The number of rotatable bonds is 4. The summed E-state index contributed by atoms with van der Waals surface area (Å²) in [5.74, 6) is -0.0338. The van der Waals surface area contributed by atoms with Gasteiger partial charge in [0.2, 0.25) is 0 Å². The molecule has 2 N–H and O–H groups in total. The highest BCUT2D eigenvalue weighted by atomic mass is 19.1. The Hall–Kier alpha value is -1.17. The normalized spacial score (nSPS) is 35.0. The highest BCUT2D eigenvalue weighted by Crippen LogP contribution is 2.42. The molecular formula is C17H24FNO3. The SMILES string of the molecule is COCC1CC[C@@H](Nc2ccc(F)cc2)C2(O)CCCOC12. The fraction of sp³-hybridized carbons (Fsp3) is 0.647. The fourth-order valence-corrected chi connectivity index (χ4v) is 3.88. The molecule has 0 amide bonds. The summed E-state index contributed by atoms with van der Waals surface area (Å²) in [7, 11) is 1.69. The van der Waals surface area contributed by atoms with Crippen molar-refractivity contribution in [1.82, 2.24) is 0 Å². The van der Waals surface area contributed by atoms with Crippen LogP contribution < -0.4 is 5.32 Å². The Bertz CT molecular complexity index is 495. The molecule has 0 spiro atoms. The van der Waals surface area contributed by atoms with Crippen molar-refractivity contribution in [2.75, 3.05) is 25.6 Å². The summed E-state index contributed by atoms with van der Waals surface area (Å²) < 4.78 is 24.2. The Morgan fingerprint density at radius 3 is 2.86 bits per heavy atom. The molecule has 1 saturated heterocycles. The Labute approximate surface area is 130 Å². The number of halogens is 1. The number of ether oxygens (including phenoxy) is 2. The topological polar surface area (TPSA) is 50.7 Å². The molecule has 5 heteroatoms. The molecule has 1 aliphatic heterocycles. The van der Waals surface area contributed by atoms with Crippen molar-refractivity contribution in [3.63, 3.8) is 0 Å². The third-order valence-corrected chi connectivity index (χ3v) is 4.94. The standard InChI is InChI=1S/C17H24FNO3/c1-21-11-12-3-8-15(17(20)9-2-10-22-16(12)17)19-14-6-4-13(18)5-7-14/h4-7,12,15-16,19-20H,2-3,8-11H2,1H3/t12?,15-,16?,17?/m1/s1. The second kappa shape index (κ2) is 6.52. The maximum Gasteiger partial charge on any atom is 0.123 e. The number of anilines is 1. The average molecular weight is 309 g/mol. The monoisotopic (exact) mass is 309 g/mol. The number of hydrogen-bond donors (Lipinski definition) is 2. The maximum atomic E-state index is 13.0. The van der Waals surface area contributed by atoms with E-state index in [0.717, 1.165) is 31.4 Å². The van der Waals surface area contributed by atoms with Crippen LogP contribution in [-0.2, 0) is 9.47 Å². The van der Waals surface area contributed by atoms with E-state index in [9.17, 15) is 9.50 Å². The lowest BCUT2D eigenvalue weighted by Crippen LogP contribution is -2.64. The van der Waals surface area contributed by atoms with Gasteiger partial charge in [-0.15, -0.1) is 0 Å². The average Bonchev–Trinajstić information content (AvgIpc) is 2.52. The number of nitrogens with one attached hydrogen (secondary N) is 1. The number of aliphatic hydroxyl groups is 1. The van der Waals surface area contributed by atoms with Gasteiger partial charge >= 0.3 is 0 Å². The molecule has 2 fully saturated rings. The van der Waals surface area contributed by atoms with Crippen LogP contribution in [0.2, 0.25) is 0 Å². The highest BCUT2D eigenvalue weighted by Gasteiger charge is 2.52. The summed E-state index contributed by atoms with van der Waals surface area (Å²) in [5.41, 5.74) is -0.0667. The number of methoxy groups -OCH3 is 1. The lowest BCUT2D eigenvalue weighted by Gasteiger charge is -2.51. The highest BCUT2D eigenvalue weighted by molar-refractivity contribution is 5.45. The molecule has 1 aliphatic carbocycles. The van der Waals surface area contributed by atoms with Gasteiger partial charge in [-0.1, -0.05) is 0 Å². The summed E-state index contributed by atoms with van der Waals surface area (Å²) in [6.07, 6.45) is 3.17. The molecule has 122 valence electrons. The molecule has 2 aliphatic rings. The molecule has 1 heterocycles. The zero-order chi connectivity index (χ0) is 15.6. The molecule has 1 saturated carbocycles. The fourth-order valence-electron chi connectivity index (χ4n) is 3.88. The summed E-state index contributed by atoms with van der Waals surface area (Å²) in [6, 6.07) is 6.18. The quantitative estimate of drug-likeness (QED) is 0.897. The van der Waals surface area contributed by atoms with Crippen LogP contribution in [0.4, 0.5) is 10.1 Å². The number of hydrogen-bond acceptors (Lipinski definition) is 4. The first kappa shape index (κ1) is 15.7. The Morgan fingerprint density at radius 1 is 1.36 bits per heavy atom. The van der Waals surface area contributed by atoms with Crippen LogP contribution in [0.5, 0.6) is 0 Å². The summed E-state index contributed by atoms with van der Waals surface area (Å²) in [5, 5.41) is 14.6. The van der Waals surface area contributed by atoms with Gasteiger partial charge in [0.15, 0.2) is 0 Å². The first-order chi connectivity index (χ1) is 10.6. The molecule has 22 heavy (non-hydrogen) atoms. The lowest BCUT2D eigenvalue weighted by molar-refractivity contribution is -0.196. The third-order valence-electron chi connectivity index (χ3n) is 4.94. The van der Waals surface area contributed by atoms with Crippen LogP contribution in [0, 0.1) is 11.7 Å². The largest absolute Gasteiger partial charge is 0.385 e. The predicted octanol–water partition coefficient (Wildman–Crippen LogP) is 2.57. The smallest absolute Gasteiger partial charge is 0.123 e. The second-order valence-electron chi connectivity index (χ2n) is 6.38. The minimum absolute atomic E-state index is 0.0867. The van der Waals surface area contributed by atoms with Gasteiger partial charge in [-0.25, -0.2) is 4.39 Å².